The van der Waals surface area contributed by atoms with Gasteiger partial charge in [0.2, 0.25) is 0 Å². The van der Waals surface area contributed by atoms with Crippen LogP contribution in [0.3, 0.4) is 0 Å². The highest BCUT2D eigenvalue weighted by Crippen LogP contribution is 2.25. The largest absolute Gasteiger partial charge is 0.462 e. The van der Waals surface area contributed by atoms with Gasteiger partial charge in [0.05, 0.1) is 6.61 Å². The summed E-state index contributed by atoms with van der Waals surface area (Å²) in [6, 6.07) is 0.183. The van der Waals surface area contributed by atoms with E-state index in [9.17, 15) is 4.79 Å². The van der Waals surface area contributed by atoms with Crippen molar-refractivity contribution in [2.75, 3.05) is 13.2 Å². The fourth-order valence-corrected chi connectivity index (χ4v) is 2.87. The second-order valence-electron chi connectivity index (χ2n) is 8.39. The maximum Gasteiger partial charge on any atom is 0.333 e. The minimum absolute atomic E-state index is 0.135. The van der Waals surface area contributed by atoms with Crippen molar-refractivity contribution >= 4 is 5.97 Å². The highest BCUT2D eigenvalue weighted by atomic mass is 16.5. The molecule has 0 heterocycles. The molecule has 0 amide bonds. The van der Waals surface area contributed by atoms with Crippen molar-refractivity contribution in [1.82, 2.24) is 0 Å². The van der Waals surface area contributed by atoms with E-state index < -0.39 is 5.97 Å². The molecule has 0 aliphatic heterocycles. The first-order valence-electron chi connectivity index (χ1n) is 11.3. The molecule has 0 aromatic heterocycles. The Morgan fingerprint density at radius 1 is 1.09 bits per heavy atom. The van der Waals surface area contributed by atoms with Gasteiger partial charge in [-0.2, -0.15) is 0 Å². The first-order valence-corrected chi connectivity index (χ1v) is 11.3. The minimum atomic E-state index is -0.405. The van der Waals surface area contributed by atoms with Gasteiger partial charge in [-0.3, -0.25) is 0 Å². The van der Waals surface area contributed by atoms with Gasteiger partial charge < -0.3 is 15.6 Å². The maximum absolute atomic E-state index is 11.7. The van der Waals surface area contributed by atoms with Crippen molar-refractivity contribution in [3.8, 4) is 0 Å². The second-order valence-corrected chi connectivity index (χ2v) is 8.39. The monoisotopic (exact) mass is 441 g/mol. The Morgan fingerprint density at radius 2 is 1.75 bits per heavy atom. The molecule has 2 unspecified atom stereocenters. The van der Waals surface area contributed by atoms with Gasteiger partial charge in [-0.15, -0.1) is 0 Å². The molecule has 32 heavy (non-hydrogen) atoms. The summed E-state index contributed by atoms with van der Waals surface area (Å²) >= 11 is 0. The molecule has 0 aliphatic carbocycles. The van der Waals surface area contributed by atoms with Crippen LogP contribution in [-0.4, -0.2) is 30.3 Å². The molecule has 0 aliphatic rings. The number of allylic oxidation sites excluding steroid dienone is 8. The van der Waals surface area contributed by atoms with Crippen molar-refractivity contribution < 1.29 is 14.6 Å². The van der Waals surface area contributed by atoms with Crippen LogP contribution in [0.4, 0.5) is 0 Å². The number of esters is 1. The van der Waals surface area contributed by atoms with E-state index >= 15 is 0 Å². The Morgan fingerprint density at radius 3 is 2.28 bits per heavy atom. The Kier molecular flexibility index (Phi) is 15.0. The highest BCUT2D eigenvalue weighted by molar-refractivity contribution is 5.86. The molecule has 178 valence electrons. The molecule has 0 bridgehead atoms. The summed E-state index contributed by atoms with van der Waals surface area (Å²) in [5.41, 5.74) is 10.8. The number of hydrogen-bond donors (Lipinski definition) is 2. The van der Waals surface area contributed by atoms with Crippen LogP contribution in [0.5, 0.6) is 0 Å². The third-order valence-corrected chi connectivity index (χ3v) is 5.27. The van der Waals surface area contributed by atoms with Crippen molar-refractivity contribution in [3.63, 3.8) is 0 Å². The van der Waals surface area contributed by atoms with Gasteiger partial charge in [0.15, 0.2) is 0 Å². The molecule has 4 heteroatoms. The van der Waals surface area contributed by atoms with Crippen LogP contribution in [0.1, 0.15) is 59.8 Å². The van der Waals surface area contributed by atoms with E-state index in [-0.39, 0.29) is 19.3 Å². The van der Waals surface area contributed by atoms with E-state index in [1.165, 1.54) is 0 Å². The lowest BCUT2D eigenvalue weighted by Crippen LogP contribution is -2.15. The zero-order valence-corrected chi connectivity index (χ0v) is 20.6. The molecule has 0 rings (SSSR count). The Bertz CT molecular complexity index is 766. The van der Waals surface area contributed by atoms with Crippen LogP contribution in [-0.2, 0) is 9.53 Å². The number of carbonyl (C=O) groups excluding carboxylic acids is 1. The van der Waals surface area contributed by atoms with Crippen LogP contribution >= 0.6 is 0 Å². The quantitative estimate of drug-likeness (QED) is 0.172. The normalized spacial score (nSPS) is 14.2. The lowest BCUT2D eigenvalue weighted by Gasteiger charge is -2.15. The van der Waals surface area contributed by atoms with Crippen molar-refractivity contribution in [1.29, 1.82) is 0 Å². The minimum Gasteiger partial charge on any atom is -0.462 e. The fourth-order valence-electron chi connectivity index (χ4n) is 2.87. The zero-order chi connectivity index (χ0) is 24.7. The van der Waals surface area contributed by atoms with E-state index in [1.807, 2.05) is 38.2 Å². The summed E-state index contributed by atoms with van der Waals surface area (Å²) < 4.78 is 5.28. The molecule has 0 radical (unpaired) electrons. The van der Waals surface area contributed by atoms with Crippen molar-refractivity contribution in [2.45, 2.75) is 65.8 Å². The Hall–Kier alpha value is -2.43. The van der Waals surface area contributed by atoms with Crippen molar-refractivity contribution in [2.24, 2.45) is 11.7 Å². The summed E-state index contributed by atoms with van der Waals surface area (Å²) in [5.74, 6) is -0.0692. The average Bonchev–Trinajstić information content (AvgIpc) is 2.76. The molecular weight excluding hydrogens is 398 g/mol. The number of ether oxygens (including phenoxy) is 1. The molecule has 0 aromatic rings. The van der Waals surface area contributed by atoms with Gasteiger partial charge >= 0.3 is 5.97 Å². The number of rotatable bonds is 16. The maximum atomic E-state index is 11.7. The van der Waals surface area contributed by atoms with Crippen LogP contribution in [0, 0.1) is 5.92 Å². The van der Waals surface area contributed by atoms with E-state index in [0.29, 0.717) is 24.3 Å². The highest BCUT2D eigenvalue weighted by Gasteiger charge is 2.10. The molecule has 4 nitrogen and oxygen atoms in total. The molecule has 0 saturated carbocycles. The topological polar surface area (TPSA) is 72.5 Å². The Labute approximate surface area is 195 Å². The van der Waals surface area contributed by atoms with Gasteiger partial charge in [0.1, 0.15) is 0 Å². The van der Waals surface area contributed by atoms with E-state index in [0.717, 1.165) is 47.1 Å². The molecule has 0 spiro atoms. The summed E-state index contributed by atoms with van der Waals surface area (Å²) in [6.07, 6.45) is 11.9. The van der Waals surface area contributed by atoms with Crippen LogP contribution in [0.25, 0.3) is 0 Å². The molecular formula is C28H43NO3. The van der Waals surface area contributed by atoms with Crippen LogP contribution in [0.15, 0.2) is 84.1 Å². The number of carbonyl (C=O) groups is 1. The molecule has 0 aromatic carbocycles. The van der Waals surface area contributed by atoms with Gasteiger partial charge in [-0.1, -0.05) is 68.7 Å². The van der Waals surface area contributed by atoms with Gasteiger partial charge in [-0.25, -0.2) is 4.79 Å². The van der Waals surface area contributed by atoms with E-state index in [1.54, 1.807) is 6.92 Å². The lowest BCUT2D eigenvalue weighted by molar-refractivity contribution is -0.138. The van der Waals surface area contributed by atoms with Crippen LogP contribution < -0.4 is 5.73 Å². The second kappa shape index (κ2) is 16.2. The average molecular weight is 442 g/mol. The summed E-state index contributed by atoms with van der Waals surface area (Å²) in [6.45, 7) is 24.3. The van der Waals surface area contributed by atoms with Gasteiger partial charge in [-0.05, 0) is 69.1 Å². The molecule has 0 saturated heterocycles. The summed E-state index contributed by atoms with van der Waals surface area (Å²) in [5, 5.41) is 9.16. The first-order chi connectivity index (χ1) is 15.0. The van der Waals surface area contributed by atoms with E-state index in [2.05, 4.69) is 33.2 Å². The number of nitrogens with two attached hydrogens (primary N) is 1. The molecule has 3 N–H and O–H groups in total. The van der Waals surface area contributed by atoms with Gasteiger partial charge in [0.25, 0.3) is 0 Å². The van der Waals surface area contributed by atoms with E-state index in [4.69, 9.17) is 15.6 Å². The number of aliphatic hydroxyl groups is 1. The summed E-state index contributed by atoms with van der Waals surface area (Å²) in [7, 11) is 0. The third-order valence-electron chi connectivity index (χ3n) is 5.27. The SMILES string of the molecule is C=C(C)C(=O)OCC/C(=C/C(=C\C)CCCO)C(=C)C(=C)/C=C\C(=C)C(C)CCC(C)N. The van der Waals surface area contributed by atoms with Crippen LogP contribution in [0.2, 0.25) is 0 Å². The molecule has 0 fully saturated rings. The first kappa shape index (κ1) is 29.6. The lowest BCUT2D eigenvalue weighted by atomic mass is 9.92. The molecule has 2 atom stereocenters. The third kappa shape index (κ3) is 12.4. The predicted molar refractivity (Wildman–Crippen MR) is 137 cm³/mol. The van der Waals surface area contributed by atoms with Crippen molar-refractivity contribution in [3.05, 3.63) is 84.1 Å². The predicted octanol–water partition coefficient (Wildman–Crippen LogP) is 6.13. The standard InChI is InChI=1S/C28H43NO3/c1-9-26(11-10-17-30)19-27(16-18-32-28(31)20(2)3)25(8)23(6)13-12-21(4)22(5)14-15-24(7)29/h9,12-13,19,22,24,30H,2,4,6,8,10-11,14-18,29H2,1,3,5,7H3/b13-12-,26-9-,27-19-. The summed E-state index contributed by atoms with van der Waals surface area (Å²) in [4.78, 5) is 11.7. The zero-order valence-electron chi connectivity index (χ0n) is 20.6. The van der Waals surface area contributed by atoms with Gasteiger partial charge in [0, 0.05) is 24.6 Å². The number of hydrogen-bond acceptors (Lipinski definition) is 4. The fraction of sp³-hybridized carbons (Fsp3) is 0.464. The Balaban J connectivity index is 5.38. The smallest absolute Gasteiger partial charge is 0.333 e. The number of aliphatic hydroxyl groups excluding tert-OH is 1.